The van der Waals surface area contributed by atoms with Gasteiger partial charge < -0.3 is 9.47 Å². The molecule has 0 bridgehead atoms. The fraction of sp³-hybridized carbons (Fsp3) is 0.905. The van der Waals surface area contributed by atoms with E-state index in [1.807, 2.05) is 0 Å². The molecule has 0 amide bonds. The first-order chi connectivity index (χ1) is 13.1. The Morgan fingerprint density at radius 2 is 1.30 bits per heavy atom. The van der Waals surface area contributed by atoms with Gasteiger partial charge in [-0.1, -0.05) is 87.8 Å². The van der Waals surface area contributed by atoms with Crippen LogP contribution in [0.1, 0.15) is 85.5 Å². The van der Waals surface area contributed by atoms with Crippen LogP contribution in [0.2, 0.25) is 0 Å². The molecule has 2 unspecified atom stereocenters. The highest BCUT2D eigenvalue weighted by molar-refractivity contribution is 8.76. The molecule has 0 fully saturated rings. The molecule has 0 N–H and O–H groups in total. The zero-order chi connectivity index (χ0) is 20.3. The molecular weight excluding hydrogens is 380 g/mol. The molecule has 0 radical (unpaired) electrons. The first-order valence-corrected chi connectivity index (χ1v) is 13.1. The summed E-state index contributed by atoms with van der Waals surface area (Å²) in [5, 5.41) is 0. The molecule has 0 saturated heterocycles. The van der Waals surface area contributed by atoms with Crippen molar-refractivity contribution in [3.63, 3.8) is 0 Å². The van der Waals surface area contributed by atoms with Crippen molar-refractivity contribution in [2.45, 2.75) is 85.5 Å². The Balaban J connectivity index is 3.68. The molecule has 0 saturated carbocycles. The fourth-order valence-electron chi connectivity index (χ4n) is 2.61. The van der Waals surface area contributed by atoms with Gasteiger partial charge in [-0.2, -0.15) is 0 Å². The van der Waals surface area contributed by atoms with Gasteiger partial charge >= 0.3 is 11.9 Å². The molecule has 0 aliphatic heterocycles. The van der Waals surface area contributed by atoms with Crippen LogP contribution >= 0.6 is 21.6 Å². The first kappa shape index (κ1) is 26.6. The van der Waals surface area contributed by atoms with Gasteiger partial charge in [0, 0.05) is 5.75 Å². The number of hydrogen-bond donors (Lipinski definition) is 0. The summed E-state index contributed by atoms with van der Waals surface area (Å²) in [4.78, 5) is 23.6. The third-order valence-corrected chi connectivity index (χ3v) is 6.94. The summed E-state index contributed by atoms with van der Waals surface area (Å²) in [5.41, 5.74) is 0. The molecule has 0 aromatic heterocycles. The zero-order valence-electron chi connectivity index (χ0n) is 17.8. The summed E-state index contributed by atoms with van der Waals surface area (Å²) in [6, 6.07) is 0. The van der Waals surface area contributed by atoms with Crippen LogP contribution in [0.3, 0.4) is 0 Å². The van der Waals surface area contributed by atoms with E-state index in [1.165, 1.54) is 47.3 Å². The van der Waals surface area contributed by atoms with E-state index >= 15 is 0 Å². The maximum absolute atomic E-state index is 11.8. The minimum Gasteiger partial charge on any atom is -0.465 e. The van der Waals surface area contributed by atoms with Crippen LogP contribution in [0.5, 0.6) is 0 Å². The van der Waals surface area contributed by atoms with Crippen LogP contribution in [0.4, 0.5) is 0 Å². The lowest BCUT2D eigenvalue weighted by molar-refractivity contribution is -0.144. The number of esters is 2. The summed E-state index contributed by atoms with van der Waals surface area (Å²) >= 11 is 0. The summed E-state index contributed by atoms with van der Waals surface area (Å²) in [6.45, 7) is 9.71. The van der Waals surface area contributed by atoms with Gasteiger partial charge in [0.05, 0.1) is 19.6 Å². The van der Waals surface area contributed by atoms with E-state index in [4.69, 9.17) is 9.47 Å². The standard InChI is InChI=1S/C21H40O4S2/c1-5-9-11-18(7-3)15-24-20(22)13-14-26-27-17-21(23)25-16-19(8-4)12-10-6-2/h18-19H,5-17H2,1-4H3. The molecule has 0 aromatic rings. The Bertz CT molecular complexity index is 343. The second-order valence-corrected chi connectivity index (χ2v) is 9.62. The molecule has 0 aliphatic rings. The number of ether oxygens (including phenoxy) is 2. The zero-order valence-corrected chi connectivity index (χ0v) is 19.4. The third kappa shape index (κ3) is 16.3. The molecule has 4 nitrogen and oxygen atoms in total. The lowest BCUT2D eigenvalue weighted by atomic mass is 10.0. The number of carbonyl (C=O) groups is 2. The van der Waals surface area contributed by atoms with E-state index < -0.39 is 0 Å². The number of unbranched alkanes of at least 4 members (excludes halogenated alkanes) is 2. The van der Waals surface area contributed by atoms with Gasteiger partial charge in [0.15, 0.2) is 0 Å². The predicted octanol–water partition coefficient (Wildman–Crippen LogP) is 6.28. The average Bonchev–Trinajstić information content (AvgIpc) is 2.68. The second-order valence-electron chi connectivity index (χ2n) is 7.03. The van der Waals surface area contributed by atoms with Gasteiger partial charge in [-0.3, -0.25) is 9.59 Å². The van der Waals surface area contributed by atoms with E-state index in [9.17, 15) is 9.59 Å². The van der Waals surface area contributed by atoms with Crippen LogP contribution in [0.25, 0.3) is 0 Å². The van der Waals surface area contributed by atoms with Crippen molar-refractivity contribution in [2.24, 2.45) is 11.8 Å². The van der Waals surface area contributed by atoms with Crippen molar-refractivity contribution >= 4 is 33.5 Å². The van der Waals surface area contributed by atoms with Crippen LogP contribution in [-0.4, -0.2) is 36.7 Å². The Hall–Kier alpha value is -0.360. The Morgan fingerprint density at radius 3 is 1.78 bits per heavy atom. The Labute approximate surface area is 174 Å². The summed E-state index contributed by atoms with van der Waals surface area (Å²) in [7, 11) is 2.99. The van der Waals surface area contributed by atoms with Gasteiger partial charge in [0.1, 0.15) is 5.75 Å². The van der Waals surface area contributed by atoms with Crippen LogP contribution in [0.15, 0.2) is 0 Å². The SMILES string of the molecule is CCCCC(CC)COC(=O)CCSSCC(=O)OCC(CC)CCCC. The highest BCUT2D eigenvalue weighted by Gasteiger charge is 2.12. The van der Waals surface area contributed by atoms with E-state index in [0.717, 1.165) is 25.7 Å². The molecule has 0 spiro atoms. The van der Waals surface area contributed by atoms with Crippen molar-refractivity contribution in [1.82, 2.24) is 0 Å². The number of hydrogen-bond acceptors (Lipinski definition) is 6. The van der Waals surface area contributed by atoms with Crippen molar-refractivity contribution in [3.8, 4) is 0 Å². The van der Waals surface area contributed by atoms with Gasteiger partial charge in [0.25, 0.3) is 0 Å². The second kappa shape index (κ2) is 19.0. The molecule has 0 aliphatic carbocycles. The first-order valence-electron chi connectivity index (χ1n) is 10.6. The average molecular weight is 421 g/mol. The van der Waals surface area contributed by atoms with E-state index in [-0.39, 0.29) is 11.9 Å². The van der Waals surface area contributed by atoms with E-state index in [2.05, 4.69) is 27.7 Å². The van der Waals surface area contributed by atoms with Gasteiger partial charge in [-0.25, -0.2) is 0 Å². The Kier molecular flexibility index (Phi) is 18.7. The molecule has 160 valence electrons. The van der Waals surface area contributed by atoms with Crippen LogP contribution < -0.4 is 0 Å². The van der Waals surface area contributed by atoms with Crippen molar-refractivity contribution in [3.05, 3.63) is 0 Å². The number of rotatable bonds is 18. The normalized spacial score (nSPS) is 13.2. The van der Waals surface area contributed by atoms with Gasteiger partial charge in [-0.05, 0) is 24.7 Å². The quantitative estimate of drug-likeness (QED) is 0.148. The van der Waals surface area contributed by atoms with Crippen LogP contribution in [-0.2, 0) is 19.1 Å². The van der Waals surface area contributed by atoms with Crippen molar-refractivity contribution in [2.75, 3.05) is 24.7 Å². The highest BCUT2D eigenvalue weighted by Crippen LogP contribution is 2.23. The maximum Gasteiger partial charge on any atom is 0.316 e. The molecule has 0 rings (SSSR count). The summed E-state index contributed by atoms with van der Waals surface area (Å²) in [5.74, 6) is 1.66. The lowest BCUT2D eigenvalue weighted by Crippen LogP contribution is -2.15. The number of carbonyl (C=O) groups excluding carboxylic acids is 2. The molecule has 2 atom stereocenters. The highest BCUT2D eigenvalue weighted by atomic mass is 33.1. The third-order valence-electron chi connectivity index (χ3n) is 4.70. The Morgan fingerprint density at radius 1 is 0.778 bits per heavy atom. The molecule has 0 aromatic carbocycles. The predicted molar refractivity (Wildman–Crippen MR) is 118 cm³/mol. The molecule has 6 heteroatoms. The van der Waals surface area contributed by atoms with Gasteiger partial charge in [0.2, 0.25) is 0 Å². The smallest absolute Gasteiger partial charge is 0.316 e. The fourth-order valence-corrected chi connectivity index (χ4v) is 4.38. The summed E-state index contributed by atoms with van der Waals surface area (Å²) in [6.07, 6.45) is 9.49. The monoisotopic (exact) mass is 420 g/mol. The maximum atomic E-state index is 11.8. The van der Waals surface area contributed by atoms with Gasteiger partial charge in [-0.15, -0.1) is 0 Å². The molecule has 0 heterocycles. The molecule has 27 heavy (non-hydrogen) atoms. The lowest BCUT2D eigenvalue weighted by Gasteiger charge is -2.14. The van der Waals surface area contributed by atoms with Crippen molar-refractivity contribution < 1.29 is 19.1 Å². The topological polar surface area (TPSA) is 52.6 Å². The largest absolute Gasteiger partial charge is 0.465 e. The summed E-state index contributed by atoms with van der Waals surface area (Å²) < 4.78 is 10.7. The van der Waals surface area contributed by atoms with E-state index in [0.29, 0.717) is 43.0 Å². The van der Waals surface area contributed by atoms with Crippen molar-refractivity contribution in [1.29, 1.82) is 0 Å². The van der Waals surface area contributed by atoms with Crippen LogP contribution in [0, 0.1) is 11.8 Å². The minimum absolute atomic E-state index is 0.137. The van der Waals surface area contributed by atoms with E-state index in [1.54, 1.807) is 0 Å². The molecular formula is C21H40O4S2. The minimum atomic E-state index is -0.160.